The third kappa shape index (κ3) is 5.51. The van der Waals surface area contributed by atoms with Crippen molar-refractivity contribution in [3.63, 3.8) is 0 Å². The van der Waals surface area contributed by atoms with E-state index in [0.717, 1.165) is 9.66 Å². The summed E-state index contributed by atoms with van der Waals surface area (Å²) >= 11 is 6.41. The lowest BCUT2D eigenvalue weighted by Crippen LogP contribution is -2.51. The molecule has 1 saturated heterocycles. The van der Waals surface area contributed by atoms with Gasteiger partial charge in [-0.1, -0.05) is 29.8 Å². The Morgan fingerprint density at radius 1 is 0.867 bits per heavy atom. The molecule has 232 valence electrons. The summed E-state index contributed by atoms with van der Waals surface area (Å²) in [6.07, 6.45) is 3.44. The van der Waals surface area contributed by atoms with Gasteiger partial charge in [-0.05, 0) is 60.7 Å². The SMILES string of the molecule is COc1ccc(S(=O)(=O)n2c(=O)n(C(C(=O)N3CCN(c4ccncc4)CC3)c3ccccc3OC)c3cc(Cl)ccc32)cc1. The minimum absolute atomic E-state index is 0.0791. The molecule has 1 aliphatic heterocycles. The molecule has 0 N–H and O–H groups in total. The molecule has 1 amide bonds. The van der Waals surface area contributed by atoms with Crippen LogP contribution in [0.2, 0.25) is 5.02 Å². The van der Waals surface area contributed by atoms with E-state index in [1.54, 1.807) is 41.6 Å². The van der Waals surface area contributed by atoms with Gasteiger partial charge in [-0.15, -0.1) is 0 Å². The summed E-state index contributed by atoms with van der Waals surface area (Å²) in [6, 6.07) is 19.7. The molecule has 1 unspecified atom stereocenters. The maximum atomic E-state index is 14.6. The minimum atomic E-state index is -4.42. The molecule has 5 aromatic rings. The summed E-state index contributed by atoms with van der Waals surface area (Å²) in [5.74, 6) is 0.456. The van der Waals surface area contributed by atoms with E-state index in [1.807, 2.05) is 12.1 Å². The summed E-state index contributed by atoms with van der Waals surface area (Å²) in [5.41, 5.74) is 0.753. The minimum Gasteiger partial charge on any atom is -0.497 e. The number of rotatable bonds is 8. The van der Waals surface area contributed by atoms with Gasteiger partial charge in [-0.2, -0.15) is 3.97 Å². The Bertz CT molecular complexity index is 2020. The maximum absolute atomic E-state index is 14.6. The van der Waals surface area contributed by atoms with E-state index in [0.29, 0.717) is 43.2 Å². The van der Waals surface area contributed by atoms with Gasteiger partial charge in [0.25, 0.3) is 15.9 Å². The molecule has 13 heteroatoms. The van der Waals surface area contributed by atoms with Gasteiger partial charge in [-0.3, -0.25) is 14.3 Å². The summed E-state index contributed by atoms with van der Waals surface area (Å²) < 4.78 is 40.8. The molecular formula is C32H30ClN5O6S. The van der Waals surface area contributed by atoms with Crippen molar-refractivity contribution < 1.29 is 22.7 Å². The summed E-state index contributed by atoms with van der Waals surface area (Å²) in [4.78, 5) is 36.8. The van der Waals surface area contributed by atoms with Crippen LogP contribution in [0.4, 0.5) is 5.69 Å². The summed E-state index contributed by atoms with van der Waals surface area (Å²) in [6.45, 7) is 1.88. The zero-order valence-corrected chi connectivity index (χ0v) is 26.1. The molecule has 1 aliphatic rings. The molecule has 0 saturated carbocycles. The first-order valence-corrected chi connectivity index (χ1v) is 15.9. The smallest absolute Gasteiger partial charge is 0.344 e. The normalized spacial score (nSPS) is 14.4. The van der Waals surface area contributed by atoms with Gasteiger partial charge in [0.1, 0.15) is 17.5 Å². The lowest BCUT2D eigenvalue weighted by Gasteiger charge is -2.37. The van der Waals surface area contributed by atoms with Crippen LogP contribution < -0.4 is 20.1 Å². The maximum Gasteiger partial charge on any atom is 0.344 e. The average Bonchev–Trinajstić information content (AvgIpc) is 3.36. The third-order valence-corrected chi connectivity index (χ3v) is 9.87. The van der Waals surface area contributed by atoms with Crippen LogP contribution in [-0.2, 0) is 14.8 Å². The number of imidazole rings is 1. The third-order valence-electron chi connectivity index (χ3n) is 7.94. The number of amides is 1. The molecule has 3 heterocycles. The van der Waals surface area contributed by atoms with Crippen molar-refractivity contribution >= 4 is 44.3 Å². The number of hydrogen-bond acceptors (Lipinski definition) is 8. The number of pyridine rings is 1. The fourth-order valence-corrected chi connectivity index (χ4v) is 7.25. The number of piperazine rings is 1. The average molecular weight is 648 g/mol. The van der Waals surface area contributed by atoms with Crippen LogP contribution in [0.5, 0.6) is 11.5 Å². The molecule has 45 heavy (non-hydrogen) atoms. The quantitative estimate of drug-likeness (QED) is 0.248. The van der Waals surface area contributed by atoms with Crippen molar-refractivity contribution in [3.8, 4) is 11.5 Å². The Hall–Kier alpha value is -4.81. The second-order valence-corrected chi connectivity index (χ2v) is 12.6. The number of nitrogens with zero attached hydrogens (tertiary/aromatic N) is 5. The van der Waals surface area contributed by atoms with Crippen molar-refractivity contribution in [2.24, 2.45) is 0 Å². The van der Waals surface area contributed by atoms with E-state index in [9.17, 15) is 18.0 Å². The first-order chi connectivity index (χ1) is 21.7. The van der Waals surface area contributed by atoms with Crippen LogP contribution in [0.25, 0.3) is 11.0 Å². The van der Waals surface area contributed by atoms with Crippen LogP contribution in [-0.4, -0.2) is 73.1 Å². The molecule has 1 fully saturated rings. The number of carbonyl (C=O) groups excluding carboxylic acids is 1. The zero-order valence-electron chi connectivity index (χ0n) is 24.5. The van der Waals surface area contributed by atoms with E-state index >= 15 is 0 Å². The van der Waals surface area contributed by atoms with Crippen LogP contribution in [0.15, 0.2) is 101 Å². The lowest BCUT2D eigenvalue weighted by molar-refractivity contribution is -0.133. The number of fused-ring (bicyclic) bond motifs is 1. The topological polar surface area (TPSA) is 116 Å². The number of hydrogen-bond donors (Lipinski definition) is 0. The van der Waals surface area contributed by atoms with Crippen LogP contribution in [0.3, 0.4) is 0 Å². The number of ether oxygens (including phenoxy) is 2. The van der Waals surface area contributed by atoms with Gasteiger partial charge in [0.2, 0.25) is 0 Å². The van der Waals surface area contributed by atoms with E-state index < -0.39 is 21.8 Å². The second-order valence-electron chi connectivity index (χ2n) is 10.4. The summed E-state index contributed by atoms with van der Waals surface area (Å²) in [5, 5.41) is 0.271. The largest absolute Gasteiger partial charge is 0.497 e. The molecule has 0 aliphatic carbocycles. The van der Waals surface area contributed by atoms with E-state index in [4.69, 9.17) is 21.1 Å². The highest BCUT2D eigenvalue weighted by atomic mass is 35.5. The van der Waals surface area contributed by atoms with Crippen LogP contribution in [0.1, 0.15) is 11.6 Å². The Labute approximate surface area is 264 Å². The number of methoxy groups -OCH3 is 2. The fraction of sp³-hybridized carbons (Fsp3) is 0.219. The number of anilines is 1. The number of para-hydroxylation sites is 1. The molecule has 0 radical (unpaired) electrons. The highest BCUT2D eigenvalue weighted by Crippen LogP contribution is 2.34. The second kappa shape index (κ2) is 12.3. The number of carbonyl (C=O) groups is 1. The van der Waals surface area contributed by atoms with Crippen molar-refractivity contribution in [2.75, 3.05) is 45.3 Å². The monoisotopic (exact) mass is 647 g/mol. The summed E-state index contributed by atoms with van der Waals surface area (Å²) in [7, 11) is -1.47. The molecule has 6 rings (SSSR count). The Balaban J connectivity index is 1.51. The van der Waals surface area contributed by atoms with Crippen molar-refractivity contribution in [1.82, 2.24) is 18.4 Å². The number of aromatic nitrogens is 3. The van der Waals surface area contributed by atoms with Gasteiger partial charge in [-0.25, -0.2) is 13.2 Å². The number of benzene rings is 3. The van der Waals surface area contributed by atoms with Crippen LogP contribution in [0, 0.1) is 0 Å². The Morgan fingerprint density at radius 3 is 2.22 bits per heavy atom. The molecule has 2 aromatic heterocycles. The zero-order chi connectivity index (χ0) is 31.7. The predicted molar refractivity (Wildman–Crippen MR) is 171 cm³/mol. The highest BCUT2D eigenvalue weighted by molar-refractivity contribution is 7.90. The fourth-order valence-electron chi connectivity index (χ4n) is 5.69. The van der Waals surface area contributed by atoms with Gasteiger partial charge < -0.3 is 19.3 Å². The first kappa shape index (κ1) is 30.2. The van der Waals surface area contributed by atoms with Gasteiger partial charge in [0.05, 0.1) is 30.1 Å². The number of halogens is 1. The van der Waals surface area contributed by atoms with Gasteiger partial charge in [0, 0.05) is 54.8 Å². The van der Waals surface area contributed by atoms with Crippen molar-refractivity contribution in [2.45, 2.75) is 10.9 Å². The van der Waals surface area contributed by atoms with Crippen LogP contribution >= 0.6 is 11.6 Å². The van der Waals surface area contributed by atoms with Crippen molar-refractivity contribution in [1.29, 1.82) is 0 Å². The Kier molecular flexibility index (Phi) is 8.26. The molecule has 3 aromatic carbocycles. The molecular weight excluding hydrogens is 618 g/mol. The molecule has 1 atom stereocenters. The molecule has 11 nitrogen and oxygen atoms in total. The van der Waals surface area contributed by atoms with E-state index in [-0.39, 0.29) is 26.9 Å². The van der Waals surface area contributed by atoms with E-state index in [1.165, 1.54) is 61.3 Å². The van der Waals surface area contributed by atoms with Crippen molar-refractivity contribution in [3.05, 3.63) is 112 Å². The van der Waals surface area contributed by atoms with E-state index in [2.05, 4.69) is 9.88 Å². The predicted octanol–water partition coefficient (Wildman–Crippen LogP) is 4.04. The Morgan fingerprint density at radius 2 is 1.56 bits per heavy atom. The standard InChI is InChI=1S/C32H30ClN5O6S/c1-43-24-8-10-25(11-9-24)45(41,42)38-27-12-7-22(33)21-28(27)37(32(38)40)30(26-5-3-4-6-29(26)44-2)31(39)36-19-17-35(18-20-36)23-13-15-34-16-14-23/h3-16,21,30H,17-20H2,1-2H3. The van der Waals surface area contributed by atoms with Gasteiger partial charge >= 0.3 is 5.69 Å². The molecule has 0 spiro atoms. The van der Waals surface area contributed by atoms with Gasteiger partial charge in [0.15, 0.2) is 0 Å². The lowest BCUT2D eigenvalue weighted by atomic mass is 10.0. The highest BCUT2D eigenvalue weighted by Gasteiger charge is 2.37. The first-order valence-electron chi connectivity index (χ1n) is 14.1. The molecule has 0 bridgehead atoms.